The number of aliphatic hydroxyl groups is 1. The van der Waals surface area contributed by atoms with Gasteiger partial charge in [-0.2, -0.15) is 0 Å². The van der Waals surface area contributed by atoms with Crippen LogP contribution in [0, 0.1) is 16.7 Å². The maximum atomic E-state index is 12.9. The van der Waals surface area contributed by atoms with Gasteiger partial charge in [-0.25, -0.2) is 14.4 Å². The highest BCUT2D eigenvalue weighted by Gasteiger charge is 2.83. The maximum Gasteiger partial charge on any atom is 0.335 e. The molecule has 5 rings (SSSR count). The minimum atomic E-state index is -1.37. The number of hydrogen-bond donors (Lipinski definition) is 1. The van der Waals surface area contributed by atoms with Crippen molar-refractivity contribution in [2.75, 3.05) is 19.8 Å². The minimum Gasteiger partial charge on any atom is -0.463 e. The Morgan fingerprint density at radius 1 is 1.03 bits per heavy atom. The molecule has 3 aliphatic heterocycles. The van der Waals surface area contributed by atoms with E-state index in [2.05, 4.69) is 19.9 Å². The van der Waals surface area contributed by atoms with Crippen LogP contribution in [-0.4, -0.2) is 72.9 Å². The molecule has 0 amide bonds. The monoisotopic (exact) mass is 518 g/mol. The molecule has 9 heteroatoms. The molecule has 2 saturated heterocycles. The van der Waals surface area contributed by atoms with Gasteiger partial charge < -0.3 is 28.8 Å². The zero-order valence-electron chi connectivity index (χ0n) is 20.9. The lowest BCUT2D eigenvalue weighted by Crippen LogP contribution is -2.66. The molecule has 1 N–H and O–H groups in total. The summed E-state index contributed by atoms with van der Waals surface area (Å²) in [5, 5.41) is 10.6. The summed E-state index contributed by atoms with van der Waals surface area (Å²) in [6.45, 7) is 6.34. The molecule has 2 spiro atoms. The number of allylic oxidation sites excluding steroid dienone is 3. The van der Waals surface area contributed by atoms with Crippen LogP contribution < -0.4 is 0 Å². The Morgan fingerprint density at radius 3 is 2.43 bits per heavy atom. The van der Waals surface area contributed by atoms with Crippen LogP contribution in [0.1, 0.15) is 53.9 Å². The summed E-state index contributed by atoms with van der Waals surface area (Å²) < 4.78 is 29.6. The molecule has 2 bridgehead atoms. The molecule has 9 nitrogen and oxygen atoms in total. The van der Waals surface area contributed by atoms with Crippen LogP contribution >= 0.6 is 0 Å². The maximum absolute atomic E-state index is 12.9. The lowest BCUT2D eigenvalue weighted by Gasteiger charge is -2.58. The van der Waals surface area contributed by atoms with Gasteiger partial charge in [-0.15, -0.1) is 0 Å². The molecule has 5 aliphatic rings. The molecule has 1 saturated carbocycles. The Labute approximate surface area is 217 Å². The summed E-state index contributed by atoms with van der Waals surface area (Å²) in [5.74, 6) is -2.34. The molecule has 3 fully saturated rings. The van der Waals surface area contributed by atoms with E-state index in [4.69, 9.17) is 23.7 Å². The highest BCUT2D eigenvalue weighted by atomic mass is 16.6. The number of carbonyl (C=O) groups excluding carboxylic acids is 3. The number of aliphatic hydroxyl groups excluding tert-OH is 1. The van der Waals surface area contributed by atoms with Crippen molar-refractivity contribution < 1.29 is 43.2 Å². The highest BCUT2D eigenvalue weighted by molar-refractivity contribution is 5.84. The second-order valence-electron chi connectivity index (χ2n) is 11.0. The van der Waals surface area contributed by atoms with Gasteiger partial charge in [0, 0.05) is 24.0 Å². The molecule has 37 heavy (non-hydrogen) atoms. The van der Waals surface area contributed by atoms with E-state index in [0.717, 1.165) is 6.42 Å². The highest BCUT2D eigenvalue weighted by Crippen LogP contribution is 2.72. The first-order chi connectivity index (χ1) is 17.1. The molecule has 2 aliphatic carbocycles. The van der Waals surface area contributed by atoms with Gasteiger partial charge in [0.2, 0.25) is 0 Å². The van der Waals surface area contributed by atoms with E-state index >= 15 is 0 Å². The molecule has 0 radical (unpaired) electrons. The predicted octanol–water partition coefficient (Wildman–Crippen LogP) is 2.81. The Bertz CT molecular complexity index is 1020. The lowest BCUT2D eigenvalue weighted by molar-refractivity contribution is -0.234. The Kier molecular flexibility index (Phi) is 7.44. The molecular formula is C28H38O9. The fourth-order valence-electron chi connectivity index (χ4n) is 6.65. The number of ether oxygens (including phenoxy) is 5. The average Bonchev–Trinajstić information content (AvgIpc) is 3.62. The molecule has 0 aromatic rings. The van der Waals surface area contributed by atoms with E-state index in [1.807, 2.05) is 0 Å². The largest absolute Gasteiger partial charge is 0.463 e. The van der Waals surface area contributed by atoms with Crippen molar-refractivity contribution in [2.24, 2.45) is 16.7 Å². The number of cyclic esters (lactones) is 2. The van der Waals surface area contributed by atoms with Crippen molar-refractivity contribution in [3.63, 3.8) is 0 Å². The van der Waals surface area contributed by atoms with Crippen LogP contribution in [0.5, 0.6) is 0 Å². The summed E-state index contributed by atoms with van der Waals surface area (Å²) in [7, 11) is 0. The zero-order chi connectivity index (χ0) is 25.7. The molecule has 8 atom stereocenters. The minimum absolute atomic E-state index is 0. The summed E-state index contributed by atoms with van der Waals surface area (Å²) in [6, 6.07) is 0. The molecule has 0 aromatic heterocycles. The first-order valence-corrected chi connectivity index (χ1v) is 12.7. The van der Waals surface area contributed by atoms with Crippen LogP contribution in [0.3, 0.4) is 0 Å². The summed E-state index contributed by atoms with van der Waals surface area (Å²) >= 11 is 0. The van der Waals surface area contributed by atoms with Crippen LogP contribution in [0.25, 0.3) is 0 Å². The van der Waals surface area contributed by atoms with Gasteiger partial charge in [0.05, 0.1) is 30.8 Å². The number of rotatable bonds is 0. The fourth-order valence-corrected chi connectivity index (χ4v) is 6.65. The van der Waals surface area contributed by atoms with E-state index in [1.54, 1.807) is 6.92 Å². The summed E-state index contributed by atoms with van der Waals surface area (Å²) in [6.07, 6.45) is 7.11. The second-order valence-corrected chi connectivity index (χ2v) is 11.0. The third kappa shape index (κ3) is 4.34. The van der Waals surface area contributed by atoms with Gasteiger partial charge in [0.25, 0.3) is 0 Å². The second kappa shape index (κ2) is 10.0. The van der Waals surface area contributed by atoms with Crippen molar-refractivity contribution in [3.8, 4) is 0 Å². The van der Waals surface area contributed by atoms with Gasteiger partial charge in [0.15, 0.2) is 6.10 Å². The fraction of sp³-hybridized carbons (Fsp3) is 0.679. The normalized spacial score (nSPS) is 45.6. The van der Waals surface area contributed by atoms with Crippen LogP contribution in [0.4, 0.5) is 0 Å². The summed E-state index contributed by atoms with van der Waals surface area (Å²) in [5.41, 5.74) is -0.820. The molecule has 1 unspecified atom stereocenters. The van der Waals surface area contributed by atoms with E-state index in [0.29, 0.717) is 19.4 Å². The van der Waals surface area contributed by atoms with Gasteiger partial charge in [-0.1, -0.05) is 45.1 Å². The third-order valence-corrected chi connectivity index (χ3v) is 9.12. The van der Waals surface area contributed by atoms with Crippen molar-refractivity contribution >= 4 is 17.9 Å². The van der Waals surface area contributed by atoms with Gasteiger partial charge in [-0.05, 0) is 32.1 Å². The van der Waals surface area contributed by atoms with E-state index in [1.165, 1.54) is 29.9 Å². The SMILES string of the molecule is C.CC1=C[C@H]2O[C@H]3C[C@H]4OC(=O)/C=C\C=C\C(=O)OCC[C@@H](C)C(O)C(=O)OC[C@@]2(CC1)[C@@]4(C)[C@]31CO1. The Balaban J connectivity index is 0.00000320. The Morgan fingerprint density at radius 2 is 1.73 bits per heavy atom. The van der Waals surface area contributed by atoms with Crippen molar-refractivity contribution in [1.29, 1.82) is 0 Å². The smallest absolute Gasteiger partial charge is 0.335 e. The van der Waals surface area contributed by atoms with Gasteiger partial charge in [0.1, 0.15) is 18.3 Å². The summed E-state index contributed by atoms with van der Waals surface area (Å²) in [4.78, 5) is 37.6. The van der Waals surface area contributed by atoms with E-state index in [9.17, 15) is 19.5 Å². The lowest BCUT2D eigenvalue weighted by atomic mass is 9.51. The molecule has 3 heterocycles. The standard InChI is InChI=1S/C27H34O9.CH4/c1-16-8-10-26-14-33-24(31)23(30)17(2)9-11-32-21(28)6-4-5-7-22(29)36-18-13-20(35-19(26)12-16)27(15-34-27)25(18,26)3;/h4-7,12,17-20,23,30H,8-11,13-15H2,1-3H3;1H4/b6-4+,7-5-;/t17-,18-,19-,20+,23?,25+,26-,27+;/m1./s1. The van der Waals surface area contributed by atoms with Gasteiger partial charge >= 0.3 is 17.9 Å². The van der Waals surface area contributed by atoms with Crippen LogP contribution in [0.15, 0.2) is 36.0 Å². The molecular weight excluding hydrogens is 480 g/mol. The average molecular weight is 519 g/mol. The first kappa shape index (κ1) is 27.5. The number of epoxide rings is 1. The first-order valence-electron chi connectivity index (χ1n) is 12.7. The number of esters is 3. The van der Waals surface area contributed by atoms with Crippen LogP contribution in [-0.2, 0) is 38.1 Å². The van der Waals surface area contributed by atoms with E-state index < -0.39 is 52.5 Å². The van der Waals surface area contributed by atoms with Gasteiger partial charge in [-0.3, -0.25) is 0 Å². The van der Waals surface area contributed by atoms with Crippen molar-refractivity contribution in [1.82, 2.24) is 0 Å². The molecule has 0 aromatic carbocycles. The topological polar surface area (TPSA) is 121 Å². The third-order valence-electron chi connectivity index (χ3n) is 9.12. The van der Waals surface area contributed by atoms with E-state index in [-0.39, 0.29) is 39.3 Å². The predicted molar refractivity (Wildman–Crippen MR) is 132 cm³/mol. The Hall–Kier alpha value is -2.49. The molecule has 204 valence electrons. The van der Waals surface area contributed by atoms with Crippen LogP contribution in [0.2, 0.25) is 0 Å². The number of hydrogen-bond acceptors (Lipinski definition) is 9. The van der Waals surface area contributed by atoms with Crippen molar-refractivity contribution in [2.45, 2.75) is 83.9 Å². The van der Waals surface area contributed by atoms with Crippen molar-refractivity contribution in [3.05, 3.63) is 36.0 Å². The zero-order valence-corrected chi connectivity index (χ0v) is 20.9. The quantitative estimate of drug-likeness (QED) is 0.223. The number of carbonyl (C=O) groups is 3.